The third kappa shape index (κ3) is 1.77. The predicted octanol–water partition coefficient (Wildman–Crippen LogP) is -0.155. The first-order chi connectivity index (χ1) is 6.76. The number of rotatable bonds is 2. The lowest BCUT2D eigenvalue weighted by atomic mass is 9.75. The number of hydrogen-bond acceptors (Lipinski definition) is 3. The smallest absolute Gasteiger partial charge is 0.248 e. The topological polar surface area (TPSA) is 41.6 Å². The average molecular weight is 198 g/mol. The molecule has 4 heteroatoms. The van der Waals surface area contributed by atoms with E-state index in [0.29, 0.717) is 5.41 Å². The molecule has 0 radical (unpaired) electrons. The van der Waals surface area contributed by atoms with Gasteiger partial charge in [-0.15, -0.1) is 0 Å². The van der Waals surface area contributed by atoms with E-state index in [1.807, 2.05) is 4.90 Å². The van der Waals surface area contributed by atoms with Gasteiger partial charge in [-0.25, -0.2) is 0 Å². The maximum absolute atomic E-state index is 11.6. The highest BCUT2D eigenvalue weighted by Crippen LogP contribution is 2.33. The fourth-order valence-corrected chi connectivity index (χ4v) is 2.40. The molecule has 0 unspecified atom stereocenters. The summed E-state index contributed by atoms with van der Waals surface area (Å²) >= 11 is 0. The fraction of sp³-hybridized carbons (Fsp3) is 0.900. The van der Waals surface area contributed by atoms with Gasteiger partial charge in [-0.2, -0.15) is 0 Å². The molecule has 1 spiro atoms. The van der Waals surface area contributed by atoms with Crippen molar-refractivity contribution in [2.45, 2.75) is 12.8 Å². The monoisotopic (exact) mass is 198 g/mol. The largest absolute Gasteiger partial charge is 0.375 e. The molecule has 0 aromatic heterocycles. The Morgan fingerprint density at radius 1 is 1.57 bits per heavy atom. The zero-order valence-corrected chi connectivity index (χ0v) is 8.71. The number of carbonyl (C=O) groups is 1. The molecule has 0 aromatic carbocycles. The molecule has 2 heterocycles. The van der Waals surface area contributed by atoms with Crippen molar-refractivity contribution < 1.29 is 9.53 Å². The van der Waals surface area contributed by atoms with E-state index in [2.05, 4.69) is 5.32 Å². The van der Waals surface area contributed by atoms with Crippen LogP contribution in [0.1, 0.15) is 12.8 Å². The molecule has 0 bridgehead atoms. The lowest BCUT2D eigenvalue weighted by Crippen LogP contribution is -2.62. The van der Waals surface area contributed by atoms with E-state index in [1.54, 1.807) is 7.11 Å². The van der Waals surface area contributed by atoms with Crippen molar-refractivity contribution in [3.8, 4) is 0 Å². The second-order valence-corrected chi connectivity index (χ2v) is 4.46. The van der Waals surface area contributed by atoms with Crippen molar-refractivity contribution >= 4 is 5.91 Å². The van der Waals surface area contributed by atoms with Gasteiger partial charge in [-0.3, -0.25) is 4.79 Å². The maximum atomic E-state index is 11.6. The standard InChI is InChI=1S/C10H18N2O2/c1-14-5-9(13)12-4-2-3-10(8-12)6-11-7-10/h11H,2-8H2,1H3. The van der Waals surface area contributed by atoms with Crippen molar-refractivity contribution in [2.24, 2.45) is 5.41 Å². The van der Waals surface area contributed by atoms with Crippen LogP contribution in [0.15, 0.2) is 0 Å². The Balaban J connectivity index is 1.90. The van der Waals surface area contributed by atoms with Crippen LogP contribution in [0.5, 0.6) is 0 Å². The maximum Gasteiger partial charge on any atom is 0.248 e. The van der Waals surface area contributed by atoms with Crippen molar-refractivity contribution in [3.05, 3.63) is 0 Å². The summed E-state index contributed by atoms with van der Waals surface area (Å²) in [6.45, 7) is 4.20. The fourth-order valence-electron chi connectivity index (χ4n) is 2.40. The van der Waals surface area contributed by atoms with Gasteiger partial charge in [0, 0.05) is 38.7 Å². The van der Waals surface area contributed by atoms with E-state index in [9.17, 15) is 4.79 Å². The predicted molar refractivity (Wildman–Crippen MR) is 53.0 cm³/mol. The molecule has 2 fully saturated rings. The SMILES string of the molecule is COCC(=O)N1CCCC2(CNC2)C1. The highest BCUT2D eigenvalue weighted by molar-refractivity contribution is 5.77. The molecule has 1 N–H and O–H groups in total. The van der Waals surface area contributed by atoms with Crippen LogP contribution in [0.25, 0.3) is 0 Å². The molecule has 2 aliphatic rings. The molecule has 0 aliphatic carbocycles. The van der Waals surface area contributed by atoms with Gasteiger partial charge in [0.05, 0.1) is 0 Å². The molecule has 0 atom stereocenters. The molecule has 2 aliphatic heterocycles. The first-order valence-corrected chi connectivity index (χ1v) is 5.23. The number of ether oxygens (including phenoxy) is 1. The summed E-state index contributed by atoms with van der Waals surface area (Å²) in [6.07, 6.45) is 2.40. The van der Waals surface area contributed by atoms with Crippen LogP contribution >= 0.6 is 0 Å². The zero-order valence-electron chi connectivity index (χ0n) is 8.71. The van der Waals surface area contributed by atoms with Gasteiger partial charge in [-0.05, 0) is 12.8 Å². The number of likely N-dealkylation sites (tertiary alicyclic amines) is 1. The van der Waals surface area contributed by atoms with Gasteiger partial charge < -0.3 is 15.0 Å². The van der Waals surface area contributed by atoms with Gasteiger partial charge in [0.2, 0.25) is 5.91 Å². The Morgan fingerprint density at radius 3 is 2.93 bits per heavy atom. The highest BCUT2D eigenvalue weighted by atomic mass is 16.5. The Kier molecular flexibility index (Phi) is 2.74. The average Bonchev–Trinajstić information content (AvgIpc) is 2.16. The molecular weight excluding hydrogens is 180 g/mol. The molecule has 4 nitrogen and oxygen atoms in total. The normalized spacial score (nSPS) is 24.8. The van der Waals surface area contributed by atoms with E-state index in [0.717, 1.165) is 32.6 Å². The summed E-state index contributed by atoms with van der Waals surface area (Å²) in [4.78, 5) is 13.6. The Morgan fingerprint density at radius 2 is 2.36 bits per heavy atom. The lowest BCUT2D eigenvalue weighted by Gasteiger charge is -2.49. The number of amides is 1. The van der Waals surface area contributed by atoms with Crippen LogP contribution in [0.2, 0.25) is 0 Å². The van der Waals surface area contributed by atoms with Crippen molar-refractivity contribution in [2.75, 3.05) is 39.9 Å². The summed E-state index contributed by atoms with van der Waals surface area (Å²) in [6, 6.07) is 0. The van der Waals surface area contributed by atoms with Crippen LogP contribution in [-0.2, 0) is 9.53 Å². The first-order valence-electron chi connectivity index (χ1n) is 5.23. The number of piperidine rings is 1. The number of hydrogen-bond donors (Lipinski definition) is 1. The minimum Gasteiger partial charge on any atom is -0.375 e. The third-order valence-corrected chi connectivity index (χ3v) is 3.28. The Labute approximate surface area is 84.6 Å². The number of nitrogens with zero attached hydrogens (tertiary/aromatic N) is 1. The summed E-state index contributed by atoms with van der Waals surface area (Å²) in [7, 11) is 1.57. The lowest BCUT2D eigenvalue weighted by molar-refractivity contribution is -0.139. The minimum absolute atomic E-state index is 0.137. The highest BCUT2D eigenvalue weighted by Gasteiger charge is 2.41. The van der Waals surface area contributed by atoms with Gasteiger partial charge in [0.15, 0.2) is 0 Å². The van der Waals surface area contributed by atoms with Crippen molar-refractivity contribution in [1.82, 2.24) is 10.2 Å². The molecule has 0 saturated carbocycles. The van der Waals surface area contributed by atoms with Gasteiger partial charge >= 0.3 is 0 Å². The molecule has 2 saturated heterocycles. The molecule has 14 heavy (non-hydrogen) atoms. The molecule has 80 valence electrons. The number of carbonyl (C=O) groups excluding carboxylic acids is 1. The van der Waals surface area contributed by atoms with Crippen molar-refractivity contribution in [1.29, 1.82) is 0 Å². The second kappa shape index (κ2) is 3.87. The van der Waals surface area contributed by atoms with Crippen LogP contribution in [0.4, 0.5) is 0 Å². The van der Waals surface area contributed by atoms with E-state index < -0.39 is 0 Å². The number of nitrogens with one attached hydrogen (secondary N) is 1. The van der Waals surface area contributed by atoms with Crippen LogP contribution in [0.3, 0.4) is 0 Å². The Bertz CT molecular complexity index is 226. The quantitative estimate of drug-likeness (QED) is 0.670. The van der Waals surface area contributed by atoms with Gasteiger partial charge in [0.25, 0.3) is 0 Å². The van der Waals surface area contributed by atoms with E-state index in [4.69, 9.17) is 4.74 Å². The van der Waals surface area contributed by atoms with Crippen LogP contribution in [0, 0.1) is 5.41 Å². The van der Waals surface area contributed by atoms with Gasteiger partial charge in [0.1, 0.15) is 6.61 Å². The third-order valence-electron chi connectivity index (χ3n) is 3.28. The number of methoxy groups -OCH3 is 1. The minimum atomic E-state index is 0.137. The van der Waals surface area contributed by atoms with Crippen LogP contribution < -0.4 is 5.32 Å². The summed E-state index contributed by atoms with van der Waals surface area (Å²) in [5.41, 5.74) is 0.391. The second-order valence-electron chi connectivity index (χ2n) is 4.46. The first kappa shape index (κ1) is 9.93. The van der Waals surface area contributed by atoms with Crippen molar-refractivity contribution in [3.63, 3.8) is 0 Å². The molecule has 0 aromatic rings. The molecule has 2 rings (SSSR count). The zero-order chi connectivity index (χ0) is 10.0. The molecular formula is C10H18N2O2. The summed E-state index contributed by atoms with van der Waals surface area (Å²) in [5, 5.41) is 3.29. The van der Waals surface area contributed by atoms with E-state index in [1.165, 1.54) is 6.42 Å². The van der Waals surface area contributed by atoms with E-state index >= 15 is 0 Å². The summed E-state index contributed by atoms with van der Waals surface area (Å²) < 4.78 is 4.87. The van der Waals surface area contributed by atoms with Crippen LogP contribution in [-0.4, -0.2) is 50.7 Å². The Hall–Kier alpha value is -0.610. The molecule has 1 amide bonds. The van der Waals surface area contributed by atoms with E-state index in [-0.39, 0.29) is 12.5 Å². The van der Waals surface area contributed by atoms with Gasteiger partial charge in [-0.1, -0.05) is 0 Å². The summed E-state index contributed by atoms with van der Waals surface area (Å²) in [5.74, 6) is 0.137.